The molecule has 0 spiro atoms. The molecule has 10 heteroatoms. The number of aromatic nitrogens is 3. The van der Waals surface area contributed by atoms with Crippen LogP contribution in [-0.4, -0.2) is 37.2 Å². The summed E-state index contributed by atoms with van der Waals surface area (Å²) in [5, 5.41) is 4.97. The number of ether oxygens (including phenoxy) is 2. The summed E-state index contributed by atoms with van der Waals surface area (Å²) in [7, 11) is -0.863. The number of nitrogens with one attached hydrogen (secondary N) is 1. The molecule has 2 heterocycles. The van der Waals surface area contributed by atoms with Crippen LogP contribution in [0.5, 0.6) is 11.5 Å². The Kier molecular flexibility index (Phi) is 4.10. The highest BCUT2D eigenvalue weighted by molar-refractivity contribution is 7.92. The Balaban J connectivity index is 2.03. The van der Waals surface area contributed by atoms with Gasteiger partial charge in [0.25, 0.3) is 10.0 Å². The molecule has 8 nitrogen and oxygen atoms in total. The van der Waals surface area contributed by atoms with Gasteiger partial charge >= 0.3 is 0 Å². The van der Waals surface area contributed by atoms with Gasteiger partial charge in [-0.2, -0.15) is 18.0 Å². The van der Waals surface area contributed by atoms with Crippen LogP contribution in [0.15, 0.2) is 23.2 Å². The van der Waals surface area contributed by atoms with Gasteiger partial charge in [0, 0.05) is 6.07 Å². The van der Waals surface area contributed by atoms with E-state index < -0.39 is 10.0 Å². The van der Waals surface area contributed by atoms with E-state index >= 15 is 0 Å². The Morgan fingerprint density at radius 1 is 1.17 bits per heavy atom. The summed E-state index contributed by atoms with van der Waals surface area (Å²) in [5.74, 6) is 0.941. The van der Waals surface area contributed by atoms with Crippen LogP contribution in [0, 0.1) is 13.8 Å². The largest absolute Gasteiger partial charge is 0.493 e. The molecule has 3 aromatic rings. The molecule has 0 aliphatic heterocycles. The van der Waals surface area contributed by atoms with E-state index in [1.807, 2.05) is 0 Å². The Morgan fingerprint density at radius 2 is 1.88 bits per heavy atom. The summed E-state index contributed by atoms with van der Waals surface area (Å²) in [6.07, 6.45) is 0. The first-order chi connectivity index (χ1) is 11.4. The molecule has 128 valence electrons. The lowest BCUT2D eigenvalue weighted by molar-refractivity contribution is 0.355. The normalized spacial score (nSPS) is 11.7. The van der Waals surface area contributed by atoms with Crippen molar-refractivity contribution in [3.63, 3.8) is 0 Å². The SMILES string of the molecule is COc1ccc(NS(=O)(=O)c2c(C)nc3sc(C)nn23)cc1OC. The highest BCUT2D eigenvalue weighted by Gasteiger charge is 2.25. The summed E-state index contributed by atoms with van der Waals surface area (Å²) in [4.78, 5) is 4.80. The zero-order valence-corrected chi connectivity index (χ0v) is 15.2. The zero-order chi connectivity index (χ0) is 17.5. The first-order valence-electron chi connectivity index (χ1n) is 6.93. The lowest BCUT2D eigenvalue weighted by Gasteiger charge is -2.11. The molecular formula is C14H16N4O4S2. The third-order valence-electron chi connectivity index (χ3n) is 3.32. The molecule has 1 N–H and O–H groups in total. The second kappa shape index (κ2) is 5.95. The van der Waals surface area contributed by atoms with Crippen molar-refractivity contribution in [2.24, 2.45) is 0 Å². The van der Waals surface area contributed by atoms with Gasteiger partial charge in [-0.1, -0.05) is 11.3 Å². The third kappa shape index (κ3) is 2.78. The van der Waals surface area contributed by atoms with Gasteiger partial charge in [-0.05, 0) is 26.0 Å². The number of nitrogens with zero attached hydrogens (tertiary/aromatic N) is 3. The maximum absolute atomic E-state index is 12.8. The Labute approximate surface area is 143 Å². The number of sulfonamides is 1. The minimum Gasteiger partial charge on any atom is -0.493 e. The number of rotatable bonds is 5. The molecule has 0 fully saturated rings. The highest BCUT2D eigenvalue weighted by atomic mass is 32.2. The average molecular weight is 368 g/mol. The molecule has 0 aliphatic rings. The molecule has 3 rings (SSSR count). The van der Waals surface area contributed by atoms with Gasteiger partial charge in [-0.15, -0.1) is 0 Å². The molecule has 0 amide bonds. The number of anilines is 1. The summed E-state index contributed by atoms with van der Waals surface area (Å²) >= 11 is 1.33. The number of imidazole rings is 1. The predicted octanol–water partition coefficient (Wildman–Crippen LogP) is 2.23. The van der Waals surface area contributed by atoms with E-state index in [-0.39, 0.29) is 5.03 Å². The molecule has 0 unspecified atom stereocenters. The molecular weight excluding hydrogens is 352 g/mol. The van der Waals surface area contributed by atoms with Gasteiger partial charge in [-0.25, -0.2) is 4.98 Å². The van der Waals surface area contributed by atoms with Gasteiger partial charge in [0.2, 0.25) is 9.99 Å². The van der Waals surface area contributed by atoms with Crippen molar-refractivity contribution in [2.75, 3.05) is 18.9 Å². The maximum Gasteiger partial charge on any atom is 0.281 e. The topological polar surface area (TPSA) is 94.8 Å². The molecule has 0 saturated carbocycles. The van der Waals surface area contributed by atoms with Crippen molar-refractivity contribution in [1.82, 2.24) is 14.6 Å². The number of benzene rings is 1. The summed E-state index contributed by atoms with van der Waals surface area (Å²) in [6.45, 7) is 3.44. The molecule has 24 heavy (non-hydrogen) atoms. The predicted molar refractivity (Wildman–Crippen MR) is 90.7 cm³/mol. The van der Waals surface area contributed by atoms with Gasteiger partial charge in [0.1, 0.15) is 5.01 Å². The number of fused-ring (bicyclic) bond motifs is 1. The van der Waals surface area contributed by atoms with Crippen molar-refractivity contribution in [3.8, 4) is 11.5 Å². The monoisotopic (exact) mass is 368 g/mol. The van der Waals surface area contributed by atoms with Crippen LogP contribution in [-0.2, 0) is 10.0 Å². The quantitative estimate of drug-likeness (QED) is 0.742. The fourth-order valence-electron chi connectivity index (χ4n) is 2.34. The molecule has 0 saturated heterocycles. The van der Waals surface area contributed by atoms with Gasteiger partial charge in [0.15, 0.2) is 11.5 Å². The number of hydrogen-bond acceptors (Lipinski definition) is 7. The first kappa shape index (κ1) is 16.5. The van der Waals surface area contributed by atoms with Crippen molar-refractivity contribution in [1.29, 1.82) is 0 Å². The third-order valence-corrected chi connectivity index (χ3v) is 5.62. The minimum absolute atomic E-state index is 0.0247. The van der Waals surface area contributed by atoms with Crippen LogP contribution in [0.4, 0.5) is 5.69 Å². The van der Waals surface area contributed by atoms with Crippen molar-refractivity contribution in [3.05, 3.63) is 28.9 Å². The van der Waals surface area contributed by atoms with E-state index in [0.29, 0.717) is 27.8 Å². The van der Waals surface area contributed by atoms with Crippen LogP contribution in [0.3, 0.4) is 0 Å². The Bertz CT molecular complexity index is 1010. The van der Waals surface area contributed by atoms with E-state index in [1.54, 1.807) is 32.0 Å². The maximum atomic E-state index is 12.8. The number of hydrogen-bond donors (Lipinski definition) is 1. The molecule has 1 aromatic carbocycles. The molecule has 2 aromatic heterocycles. The average Bonchev–Trinajstić information content (AvgIpc) is 3.00. The van der Waals surface area contributed by atoms with Gasteiger partial charge in [0.05, 0.1) is 25.6 Å². The number of aryl methyl sites for hydroxylation is 2. The fourth-order valence-corrected chi connectivity index (χ4v) is 4.51. The highest BCUT2D eigenvalue weighted by Crippen LogP contribution is 2.31. The van der Waals surface area contributed by atoms with Crippen LogP contribution in [0.25, 0.3) is 4.96 Å². The van der Waals surface area contributed by atoms with Crippen molar-refractivity contribution in [2.45, 2.75) is 18.9 Å². The summed E-state index contributed by atoms with van der Waals surface area (Å²) < 4.78 is 39.8. The zero-order valence-electron chi connectivity index (χ0n) is 13.5. The second-order valence-corrected chi connectivity index (χ2v) is 7.75. The minimum atomic E-state index is -3.86. The van der Waals surface area contributed by atoms with E-state index in [2.05, 4.69) is 14.8 Å². The first-order valence-corrected chi connectivity index (χ1v) is 9.23. The lowest BCUT2D eigenvalue weighted by Crippen LogP contribution is -2.16. The van der Waals surface area contributed by atoms with Crippen LogP contribution in [0.2, 0.25) is 0 Å². The Hall–Kier alpha value is -2.33. The van der Waals surface area contributed by atoms with Crippen LogP contribution >= 0.6 is 11.3 Å². The lowest BCUT2D eigenvalue weighted by atomic mass is 10.3. The van der Waals surface area contributed by atoms with E-state index in [0.717, 1.165) is 5.01 Å². The standard InChI is InChI=1S/C14H16N4O4S2/c1-8-13(18-14(15-8)23-9(2)16-18)24(19,20)17-10-5-6-11(21-3)12(7-10)22-4/h5-7,17H,1-4H3. The summed E-state index contributed by atoms with van der Waals surface area (Å²) in [5.41, 5.74) is 0.746. The fraction of sp³-hybridized carbons (Fsp3) is 0.286. The Morgan fingerprint density at radius 3 is 2.54 bits per heavy atom. The smallest absolute Gasteiger partial charge is 0.281 e. The van der Waals surface area contributed by atoms with Gasteiger partial charge < -0.3 is 9.47 Å². The molecule has 0 aliphatic carbocycles. The number of methoxy groups -OCH3 is 2. The second-order valence-electron chi connectivity index (χ2n) is 4.99. The van der Waals surface area contributed by atoms with E-state index in [4.69, 9.17) is 9.47 Å². The van der Waals surface area contributed by atoms with Crippen molar-refractivity contribution >= 4 is 32.0 Å². The van der Waals surface area contributed by atoms with E-state index in [9.17, 15) is 8.42 Å². The summed E-state index contributed by atoms with van der Waals surface area (Å²) in [6, 6.07) is 4.78. The van der Waals surface area contributed by atoms with Crippen LogP contribution < -0.4 is 14.2 Å². The van der Waals surface area contributed by atoms with Gasteiger partial charge in [-0.3, -0.25) is 4.72 Å². The molecule has 0 radical (unpaired) electrons. The van der Waals surface area contributed by atoms with Crippen LogP contribution in [0.1, 0.15) is 10.7 Å². The molecule has 0 atom stereocenters. The van der Waals surface area contributed by atoms with E-state index in [1.165, 1.54) is 30.1 Å². The van der Waals surface area contributed by atoms with Crippen molar-refractivity contribution < 1.29 is 17.9 Å². The molecule has 0 bridgehead atoms.